The van der Waals surface area contributed by atoms with Crippen molar-refractivity contribution in [3.05, 3.63) is 28.1 Å². The van der Waals surface area contributed by atoms with Crippen LogP contribution in [0.15, 0.2) is 24.5 Å². The molecule has 0 spiro atoms. The van der Waals surface area contributed by atoms with Crippen LogP contribution in [0.4, 0.5) is 0 Å². The van der Waals surface area contributed by atoms with E-state index in [0.717, 1.165) is 18.6 Å². The highest BCUT2D eigenvalue weighted by Crippen LogP contribution is 2.16. The van der Waals surface area contributed by atoms with E-state index in [4.69, 9.17) is 0 Å². The molecule has 90 valence electrons. The molecule has 0 unspecified atom stereocenters. The number of benzene rings is 1. The minimum absolute atomic E-state index is 1.05. The second-order valence-corrected chi connectivity index (χ2v) is 5.87. The summed E-state index contributed by atoms with van der Waals surface area (Å²) >= 11 is 2.33. The maximum atomic E-state index is 4.46. The van der Waals surface area contributed by atoms with Crippen molar-refractivity contribution in [2.75, 3.05) is 19.6 Å². The predicted molar refractivity (Wildman–Crippen MR) is 78.1 cm³/mol. The van der Waals surface area contributed by atoms with Gasteiger partial charge in [0.05, 0.1) is 17.4 Å². The van der Waals surface area contributed by atoms with E-state index in [-0.39, 0.29) is 0 Å². The molecule has 2 heterocycles. The number of nitrogens with zero attached hydrogens (tertiary/aromatic N) is 3. The molecule has 0 N–H and O–H groups in total. The molecular weight excluding hydrogens is 325 g/mol. The highest BCUT2D eigenvalue weighted by atomic mass is 127. The molecule has 1 fully saturated rings. The number of hydrogen-bond donors (Lipinski definition) is 0. The zero-order chi connectivity index (χ0) is 11.7. The number of halogens is 1. The van der Waals surface area contributed by atoms with Gasteiger partial charge in [-0.3, -0.25) is 0 Å². The van der Waals surface area contributed by atoms with Gasteiger partial charge >= 0.3 is 0 Å². The Hall–Kier alpha value is -0.620. The smallest absolute Gasteiger partial charge is 0.0958 e. The summed E-state index contributed by atoms with van der Waals surface area (Å²) in [6.45, 7) is 4.74. The van der Waals surface area contributed by atoms with E-state index in [1.54, 1.807) is 0 Å². The van der Waals surface area contributed by atoms with E-state index in [1.807, 2.05) is 6.33 Å². The van der Waals surface area contributed by atoms with Gasteiger partial charge in [-0.25, -0.2) is 4.98 Å². The first-order valence-corrected chi connectivity index (χ1v) is 7.23. The Kier molecular flexibility index (Phi) is 3.33. The third-order valence-electron chi connectivity index (χ3n) is 3.44. The van der Waals surface area contributed by atoms with Crippen molar-refractivity contribution >= 4 is 33.6 Å². The third kappa shape index (κ3) is 2.47. The van der Waals surface area contributed by atoms with Crippen LogP contribution in [0, 0.1) is 3.57 Å². The number of hydrogen-bond acceptors (Lipinski definition) is 2. The Labute approximate surface area is 115 Å². The van der Waals surface area contributed by atoms with Gasteiger partial charge in [0.2, 0.25) is 0 Å². The SMILES string of the molecule is Ic1ccc2c(c1)ncn2CCN1CCCC1. The van der Waals surface area contributed by atoms with E-state index in [1.165, 1.54) is 35.0 Å². The maximum Gasteiger partial charge on any atom is 0.0958 e. The largest absolute Gasteiger partial charge is 0.329 e. The molecule has 0 amide bonds. The number of rotatable bonds is 3. The molecule has 4 heteroatoms. The van der Waals surface area contributed by atoms with E-state index >= 15 is 0 Å². The van der Waals surface area contributed by atoms with Crippen LogP contribution < -0.4 is 0 Å². The average Bonchev–Trinajstić information content (AvgIpc) is 2.94. The average molecular weight is 341 g/mol. The molecule has 0 atom stereocenters. The molecule has 3 nitrogen and oxygen atoms in total. The van der Waals surface area contributed by atoms with Crippen molar-refractivity contribution in [2.45, 2.75) is 19.4 Å². The molecule has 3 rings (SSSR count). The van der Waals surface area contributed by atoms with Crippen molar-refractivity contribution < 1.29 is 0 Å². The highest BCUT2D eigenvalue weighted by molar-refractivity contribution is 14.1. The van der Waals surface area contributed by atoms with E-state index in [0.29, 0.717) is 0 Å². The Bertz CT molecular complexity index is 514. The van der Waals surface area contributed by atoms with Gasteiger partial charge in [0.25, 0.3) is 0 Å². The minimum atomic E-state index is 1.05. The lowest BCUT2D eigenvalue weighted by atomic mass is 10.3. The number of likely N-dealkylation sites (tertiary alicyclic amines) is 1. The summed E-state index contributed by atoms with van der Waals surface area (Å²) in [5.41, 5.74) is 2.36. The van der Waals surface area contributed by atoms with Crippen molar-refractivity contribution in [3.8, 4) is 0 Å². The lowest BCUT2D eigenvalue weighted by Gasteiger charge is -2.14. The first kappa shape index (κ1) is 11.5. The monoisotopic (exact) mass is 341 g/mol. The molecule has 17 heavy (non-hydrogen) atoms. The second kappa shape index (κ2) is 4.94. The fourth-order valence-corrected chi connectivity index (χ4v) is 2.95. The quantitative estimate of drug-likeness (QED) is 0.801. The first-order valence-electron chi connectivity index (χ1n) is 6.16. The molecule has 0 saturated carbocycles. The van der Waals surface area contributed by atoms with Gasteiger partial charge in [0, 0.05) is 16.7 Å². The molecule has 0 radical (unpaired) electrons. The number of fused-ring (bicyclic) bond motifs is 1. The van der Waals surface area contributed by atoms with Gasteiger partial charge in [-0.15, -0.1) is 0 Å². The first-order chi connectivity index (χ1) is 8.33. The summed E-state index contributed by atoms with van der Waals surface area (Å²) in [5, 5.41) is 0. The Morgan fingerprint density at radius 2 is 2.00 bits per heavy atom. The van der Waals surface area contributed by atoms with Crippen LogP contribution in [0.2, 0.25) is 0 Å². The predicted octanol–water partition coefficient (Wildman–Crippen LogP) is 2.74. The van der Waals surface area contributed by atoms with Crippen LogP contribution >= 0.6 is 22.6 Å². The standard InChI is InChI=1S/C13H16IN3/c14-11-3-4-13-12(9-11)15-10-17(13)8-7-16-5-1-2-6-16/h3-4,9-10H,1-2,5-8H2. The summed E-state index contributed by atoms with van der Waals surface area (Å²) in [7, 11) is 0. The highest BCUT2D eigenvalue weighted by Gasteiger charge is 2.11. The molecule has 2 aromatic rings. The molecule has 1 saturated heterocycles. The minimum Gasteiger partial charge on any atom is -0.329 e. The normalized spacial score (nSPS) is 17.0. The van der Waals surface area contributed by atoms with Gasteiger partial charge in [-0.05, 0) is 66.7 Å². The summed E-state index contributed by atoms with van der Waals surface area (Å²) in [6, 6.07) is 6.47. The van der Waals surface area contributed by atoms with Crippen LogP contribution in [-0.2, 0) is 6.54 Å². The molecule has 1 aliphatic heterocycles. The van der Waals surface area contributed by atoms with Crippen LogP contribution in [0.25, 0.3) is 11.0 Å². The summed E-state index contributed by atoms with van der Waals surface area (Å²) in [5.74, 6) is 0. The number of imidazole rings is 1. The molecule has 1 aliphatic rings. The molecule has 1 aromatic carbocycles. The number of aromatic nitrogens is 2. The van der Waals surface area contributed by atoms with E-state index < -0.39 is 0 Å². The van der Waals surface area contributed by atoms with Gasteiger partial charge in [-0.1, -0.05) is 0 Å². The van der Waals surface area contributed by atoms with Crippen molar-refractivity contribution in [1.82, 2.24) is 14.5 Å². The van der Waals surface area contributed by atoms with Crippen molar-refractivity contribution in [3.63, 3.8) is 0 Å². The summed E-state index contributed by atoms with van der Waals surface area (Å²) in [6.07, 6.45) is 4.70. The maximum absolute atomic E-state index is 4.46. The Balaban J connectivity index is 1.76. The van der Waals surface area contributed by atoms with E-state index in [2.05, 4.69) is 55.2 Å². The van der Waals surface area contributed by atoms with Gasteiger partial charge in [0.15, 0.2) is 0 Å². The van der Waals surface area contributed by atoms with Gasteiger partial charge < -0.3 is 9.47 Å². The van der Waals surface area contributed by atoms with E-state index in [9.17, 15) is 0 Å². The zero-order valence-corrected chi connectivity index (χ0v) is 11.9. The summed E-state index contributed by atoms with van der Waals surface area (Å²) < 4.78 is 3.52. The zero-order valence-electron chi connectivity index (χ0n) is 9.77. The van der Waals surface area contributed by atoms with Crippen molar-refractivity contribution in [1.29, 1.82) is 0 Å². The third-order valence-corrected chi connectivity index (χ3v) is 4.11. The van der Waals surface area contributed by atoms with Gasteiger partial charge in [-0.2, -0.15) is 0 Å². The molecule has 0 bridgehead atoms. The Morgan fingerprint density at radius 1 is 1.18 bits per heavy atom. The lowest BCUT2D eigenvalue weighted by molar-refractivity contribution is 0.324. The van der Waals surface area contributed by atoms with Crippen LogP contribution in [0.5, 0.6) is 0 Å². The molecule has 1 aromatic heterocycles. The molecular formula is C13H16IN3. The fraction of sp³-hybridized carbons (Fsp3) is 0.462. The van der Waals surface area contributed by atoms with Crippen LogP contribution in [-0.4, -0.2) is 34.1 Å². The molecule has 0 aliphatic carbocycles. The summed E-state index contributed by atoms with van der Waals surface area (Å²) in [4.78, 5) is 7.00. The van der Waals surface area contributed by atoms with Crippen LogP contribution in [0.1, 0.15) is 12.8 Å². The van der Waals surface area contributed by atoms with Crippen molar-refractivity contribution in [2.24, 2.45) is 0 Å². The van der Waals surface area contributed by atoms with Crippen LogP contribution in [0.3, 0.4) is 0 Å². The Morgan fingerprint density at radius 3 is 2.82 bits per heavy atom. The lowest BCUT2D eigenvalue weighted by Crippen LogP contribution is -2.23. The topological polar surface area (TPSA) is 21.1 Å². The fourth-order valence-electron chi connectivity index (χ4n) is 2.47. The van der Waals surface area contributed by atoms with Gasteiger partial charge in [0.1, 0.15) is 0 Å². The second-order valence-electron chi connectivity index (χ2n) is 4.62.